The molecule has 0 bridgehead atoms. The summed E-state index contributed by atoms with van der Waals surface area (Å²) < 4.78 is 5.25. The zero-order chi connectivity index (χ0) is 13.8. The van der Waals surface area contributed by atoms with E-state index in [4.69, 9.17) is 4.74 Å². The van der Waals surface area contributed by atoms with Gasteiger partial charge in [0.2, 0.25) is 0 Å². The van der Waals surface area contributed by atoms with E-state index in [0.29, 0.717) is 0 Å². The van der Waals surface area contributed by atoms with Crippen LogP contribution in [0.4, 0.5) is 0 Å². The summed E-state index contributed by atoms with van der Waals surface area (Å²) in [7, 11) is 1.70. The van der Waals surface area contributed by atoms with E-state index in [0.717, 1.165) is 24.1 Å². The summed E-state index contributed by atoms with van der Waals surface area (Å²) in [5.41, 5.74) is 3.95. The van der Waals surface area contributed by atoms with Crippen LogP contribution in [0.2, 0.25) is 0 Å². The van der Waals surface area contributed by atoms with Crippen LogP contribution in [-0.2, 0) is 12.8 Å². The molecule has 2 nitrogen and oxygen atoms in total. The lowest BCUT2D eigenvalue weighted by molar-refractivity contribution is 0.415. The van der Waals surface area contributed by atoms with E-state index in [1.165, 1.54) is 22.9 Å². The number of aryl methyl sites for hydroxylation is 2. The average Bonchev–Trinajstić information content (AvgIpc) is 2.91. The number of benzene rings is 2. The van der Waals surface area contributed by atoms with Gasteiger partial charge < -0.3 is 9.72 Å². The predicted octanol–water partition coefficient (Wildman–Crippen LogP) is 4.35. The van der Waals surface area contributed by atoms with E-state index in [1.54, 1.807) is 7.11 Å². The lowest BCUT2D eigenvalue weighted by Crippen LogP contribution is -1.89. The van der Waals surface area contributed by atoms with Crippen molar-refractivity contribution in [1.29, 1.82) is 0 Å². The first kappa shape index (κ1) is 12.8. The third kappa shape index (κ3) is 2.69. The van der Waals surface area contributed by atoms with Crippen LogP contribution in [0, 0.1) is 0 Å². The molecule has 0 aliphatic carbocycles. The van der Waals surface area contributed by atoms with Gasteiger partial charge in [0.1, 0.15) is 5.75 Å². The minimum atomic E-state index is 0.898. The number of H-pyrrole nitrogens is 1. The normalized spacial score (nSPS) is 10.8. The quantitative estimate of drug-likeness (QED) is 0.728. The Hall–Kier alpha value is -2.22. The zero-order valence-electron chi connectivity index (χ0n) is 11.7. The summed E-state index contributed by atoms with van der Waals surface area (Å²) in [4.78, 5) is 3.33. The Balaban J connectivity index is 1.69. The number of ether oxygens (including phenoxy) is 1. The molecule has 1 heterocycles. The molecule has 0 saturated carbocycles. The van der Waals surface area contributed by atoms with Gasteiger partial charge in [0.15, 0.2) is 0 Å². The lowest BCUT2D eigenvalue weighted by Gasteiger charge is -2.02. The summed E-state index contributed by atoms with van der Waals surface area (Å²) in [6.45, 7) is 0. The van der Waals surface area contributed by atoms with Crippen LogP contribution in [-0.4, -0.2) is 12.1 Å². The van der Waals surface area contributed by atoms with Crippen molar-refractivity contribution in [1.82, 2.24) is 4.98 Å². The standard InChI is InChI=1S/C18H19NO/c1-20-16-10-11-17-15(13-19-18(17)12-16)9-5-8-14-6-3-2-4-7-14/h2-4,6-7,10-13,19H,5,8-9H2,1H3. The van der Waals surface area contributed by atoms with E-state index in [1.807, 2.05) is 6.07 Å². The molecule has 3 aromatic rings. The fourth-order valence-corrected chi connectivity index (χ4v) is 2.63. The summed E-state index contributed by atoms with van der Waals surface area (Å²) >= 11 is 0. The van der Waals surface area contributed by atoms with Gasteiger partial charge >= 0.3 is 0 Å². The van der Waals surface area contributed by atoms with Gasteiger partial charge in [0.05, 0.1) is 7.11 Å². The molecule has 0 atom stereocenters. The summed E-state index contributed by atoms with van der Waals surface area (Å²) in [6, 6.07) is 16.9. The molecule has 20 heavy (non-hydrogen) atoms. The first-order valence-corrected chi connectivity index (χ1v) is 7.05. The molecular weight excluding hydrogens is 246 g/mol. The van der Waals surface area contributed by atoms with E-state index >= 15 is 0 Å². The van der Waals surface area contributed by atoms with Crippen molar-refractivity contribution in [3.8, 4) is 5.75 Å². The number of aromatic amines is 1. The minimum Gasteiger partial charge on any atom is -0.497 e. The maximum atomic E-state index is 5.25. The van der Waals surface area contributed by atoms with Gasteiger partial charge in [-0.25, -0.2) is 0 Å². The maximum absolute atomic E-state index is 5.25. The minimum absolute atomic E-state index is 0.898. The largest absolute Gasteiger partial charge is 0.497 e. The molecule has 0 radical (unpaired) electrons. The Morgan fingerprint density at radius 2 is 1.85 bits per heavy atom. The van der Waals surface area contributed by atoms with E-state index in [-0.39, 0.29) is 0 Å². The molecule has 3 rings (SSSR count). The molecule has 0 saturated heterocycles. The fraction of sp³-hybridized carbons (Fsp3) is 0.222. The molecule has 102 valence electrons. The second kappa shape index (κ2) is 5.83. The molecular formula is C18H19NO. The Morgan fingerprint density at radius 1 is 1.00 bits per heavy atom. The molecule has 0 spiro atoms. The highest BCUT2D eigenvalue weighted by atomic mass is 16.5. The van der Waals surface area contributed by atoms with Crippen molar-refractivity contribution in [2.24, 2.45) is 0 Å². The van der Waals surface area contributed by atoms with Gasteiger partial charge in [-0.05, 0) is 42.5 Å². The molecule has 2 heteroatoms. The van der Waals surface area contributed by atoms with Crippen molar-refractivity contribution in [2.75, 3.05) is 7.11 Å². The molecule has 0 aliphatic rings. The average molecular weight is 265 g/mol. The second-order valence-corrected chi connectivity index (χ2v) is 5.06. The molecule has 0 amide bonds. The number of rotatable bonds is 5. The lowest BCUT2D eigenvalue weighted by atomic mass is 10.0. The molecule has 0 fully saturated rings. The van der Waals surface area contributed by atoms with Gasteiger partial charge in [-0.1, -0.05) is 30.3 Å². The number of nitrogens with one attached hydrogen (secondary N) is 1. The van der Waals surface area contributed by atoms with E-state index in [2.05, 4.69) is 53.6 Å². The highest BCUT2D eigenvalue weighted by Gasteiger charge is 2.04. The van der Waals surface area contributed by atoms with Crippen molar-refractivity contribution >= 4 is 10.9 Å². The molecule has 0 unspecified atom stereocenters. The third-order valence-electron chi connectivity index (χ3n) is 3.73. The van der Waals surface area contributed by atoms with Gasteiger partial charge in [0, 0.05) is 23.2 Å². The predicted molar refractivity (Wildman–Crippen MR) is 83.3 cm³/mol. The third-order valence-corrected chi connectivity index (χ3v) is 3.73. The van der Waals surface area contributed by atoms with Gasteiger partial charge in [-0.15, -0.1) is 0 Å². The first-order valence-electron chi connectivity index (χ1n) is 7.05. The number of hydrogen-bond donors (Lipinski definition) is 1. The van der Waals surface area contributed by atoms with Crippen molar-refractivity contribution in [3.05, 3.63) is 65.9 Å². The monoisotopic (exact) mass is 265 g/mol. The first-order chi connectivity index (χ1) is 9.86. The Bertz CT molecular complexity index is 685. The highest BCUT2D eigenvalue weighted by molar-refractivity contribution is 5.84. The van der Waals surface area contributed by atoms with Crippen LogP contribution in [0.1, 0.15) is 17.5 Å². The molecule has 0 aliphatic heterocycles. The Labute approximate surface area is 119 Å². The SMILES string of the molecule is COc1ccc2c(CCCc3ccccc3)c[nH]c2c1. The summed E-state index contributed by atoms with van der Waals surface area (Å²) in [5.74, 6) is 0.898. The Kier molecular flexibility index (Phi) is 3.73. The Morgan fingerprint density at radius 3 is 2.65 bits per heavy atom. The topological polar surface area (TPSA) is 25.0 Å². The van der Waals surface area contributed by atoms with Crippen molar-refractivity contribution in [3.63, 3.8) is 0 Å². The summed E-state index contributed by atoms with van der Waals surface area (Å²) in [6.07, 6.45) is 5.52. The molecule has 1 aromatic heterocycles. The molecule has 1 N–H and O–H groups in total. The van der Waals surface area contributed by atoms with Crippen LogP contribution in [0.3, 0.4) is 0 Å². The fourth-order valence-electron chi connectivity index (χ4n) is 2.63. The van der Waals surface area contributed by atoms with Crippen molar-refractivity contribution < 1.29 is 4.74 Å². The van der Waals surface area contributed by atoms with Crippen LogP contribution in [0.5, 0.6) is 5.75 Å². The number of aromatic nitrogens is 1. The van der Waals surface area contributed by atoms with E-state index in [9.17, 15) is 0 Å². The van der Waals surface area contributed by atoms with Crippen LogP contribution >= 0.6 is 0 Å². The zero-order valence-corrected chi connectivity index (χ0v) is 11.7. The van der Waals surface area contributed by atoms with Gasteiger partial charge in [0.25, 0.3) is 0 Å². The van der Waals surface area contributed by atoms with Crippen molar-refractivity contribution in [2.45, 2.75) is 19.3 Å². The maximum Gasteiger partial charge on any atom is 0.120 e. The van der Waals surface area contributed by atoms with Gasteiger partial charge in [-0.3, -0.25) is 0 Å². The van der Waals surface area contributed by atoms with Crippen LogP contribution < -0.4 is 4.74 Å². The smallest absolute Gasteiger partial charge is 0.120 e. The van der Waals surface area contributed by atoms with Crippen LogP contribution in [0.15, 0.2) is 54.7 Å². The molecule has 2 aromatic carbocycles. The number of hydrogen-bond acceptors (Lipinski definition) is 1. The van der Waals surface area contributed by atoms with Crippen LogP contribution in [0.25, 0.3) is 10.9 Å². The van der Waals surface area contributed by atoms with Gasteiger partial charge in [-0.2, -0.15) is 0 Å². The highest BCUT2D eigenvalue weighted by Crippen LogP contribution is 2.24. The summed E-state index contributed by atoms with van der Waals surface area (Å²) in [5, 5.41) is 1.30. The second-order valence-electron chi connectivity index (χ2n) is 5.06. The van der Waals surface area contributed by atoms with E-state index < -0.39 is 0 Å². The number of methoxy groups -OCH3 is 1. The number of fused-ring (bicyclic) bond motifs is 1.